The molecule has 8 heteroatoms. The highest BCUT2D eigenvalue weighted by Gasteiger charge is 2.20. The fourth-order valence-electron chi connectivity index (χ4n) is 2.69. The van der Waals surface area contributed by atoms with Crippen molar-refractivity contribution >= 4 is 47.0 Å². The zero-order chi connectivity index (χ0) is 21.4. The van der Waals surface area contributed by atoms with Gasteiger partial charge >= 0.3 is 0 Å². The van der Waals surface area contributed by atoms with Gasteiger partial charge in [0, 0.05) is 48.6 Å². The van der Waals surface area contributed by atoms with E-state index in [9.17, 15) is 8.60 Å². The van der Waals surface area contributed by atoms with Gasteiger partial charge in [-0.15, -0.1) is 0 Å². The molecule has 0 aliphatic heterocycles. The first-order chi connectivity index (χ1) is 14.0. The summed E-state index contributed by atoms with van der Waals surface area (Å²) < 4.78 is 31.7. The smallest absolute Gasteiger partial charge is 0.152 e. The van der Waals surface area contributed by atoms with Crippen molar-refractivity contribution in [3.63, 3.8) is 0 Å². The molecule has 3 aromatic rings. The van der Waals surface area contributed by atoms with E-state index in [-0.39, 0.29) is 17.2 Å². The molecule has 152 valence electrons. The van der Waals surface area contributed by atoms with Gasteiger partial charge in [0.2, 0.25) is 0 Å². The monoisotopic (exact) mass is 541 g/mol. The van der Waals surface area contributed by atoms with Crippen molar-refractivity contribution in [2.24, 2.45) is 0 Å². The van der Waals surface area contributed by atoms with Crippen LogP contribution in [0.25, 0.3) is 0 Å². The lowest BCUT2D eigenvalue weighted by Crippen LogP contribution is -2.09. The third-order valence-electron chi connectivity index (χ3n) is 4.14. The molecule has 0 radical (unpaired) electrons. The second-order valence-corrected chi connectivity index (χ2v) is 8.74. The van der Waals surface area contributed by atoms with E-state index in [0.29, 0.717) is 4.90 Å². The normalized spacial score (nSPS) is 12.3. The molecule has 4 nitrogen and oxygen atoms in total. The van der Waals surface area contributed by atoms with E-state index in [0.717, 1.165) is 17.2 Å². The predicted octanol–water partition coefficient (Wildman–Crippen LogP) is 6.66. The van der Waals surface area contributed by atoms with E-state index in [1.54, 1.807) is 6.20 Å². The summed E-state index contributed by atoms with van der Waals surface area (Å²) in [6, 6.07) is 15.9. The SMILES string of the molecule is CC.CC(c1ccccc1)c1cn(SI)cc1S(=O)Nc1ccc(C#N)cc1F. The molecular weight excluding hydrogens is 520 g/mol. The molecule has 3 rings (SSSR count). The molecule has 1 aromatic heterocycles. The number of halogens is 2. The van der Waals surface area contributed by atoms with Gasteiger partial charge in [-0.25, -0.2) is 8.60 Å². The quantitative estimate of drug-likeness (QED) is 0.355. The highest BCUT2D eigenvalue weighted by Crippen LogP contribution is 2.33. The predicted molar refractivity (Wildman–Crippen MR) is 128 cm³/mol. The molecule has 0 bridgehead atoms. The summed E-state index contributed by atoms with van der Waals surface area (Å²) >= 11 is 2.15. The molecule has 0 spiro atoms. The molecule has 0 aliphatic rings. The molecule has 0 saturated carbocycles. The topological polar surface area (TPSA) is 57.8 Å². The standard InChI is InChI=1S/C19H15FIN3OS2.C2H6/c1-13(15-5-3-2-4-6-15)16-11-24(26-21)12-19(16)27(25)23-18-8-7-14(10-22)9-17(18)20;1-2/h2-9,11-13,23H,1H3;1-2H3. The van der Waals surface area contributed by atoms with Crippen LogP contribution in [-0.4, -0.2) is 8.18 Å². The van der Waals surface area contributed by atoms with Crippen LogP contribution in [0.15, 0.2) is 65.8 Å². The lowest BCUT2D eigenvalue weighted by atomic mass is 9.95. The first-order valence-electron chi connectivity index (χ1n) is 8.97. The van der Waals surface area contributed by atoms with E-state index >= 15 is 0 Å². The summed E-state index contributed by atoms with van der Waals surface area (Å²) in [5.74, 6) is -0.578. The van der Waals surface area contributed by atoms with E-state index in [1.807, 2.05) is 60.4 Å². The molecule has 2 aromatic carbocycles. The number of aromatic nitrogens is 1. The molecular formula is C21H21FIN3OS2. The van der Waals surface area contributed by atoms with Crippen LogP contribution in [0, 0.1) is 17.1 Å². The van der Waals surface area contributed by atoms with Crippen molar-refractivity contribution in [3.05, 3.63) is 83.4 Å². The summed E-state index contributed by atoms with van der Waals surface area (Å²) in [5.41, 5.74) is 2.33. The van der Waals surface area contributed by atoms with Gasteiger partial charge in [-0.05, 0) is 29.3 Å². The van der Waals surface area contributed by atoms with Crippen LogP contribution in [0.2, 0.25) is 0 Å². The van der Waals surface area contributed by atoms with E-state index in [2.05, 4.69) is 32.9 Å². The molecule has 2 unspecified atom stereocenters. The van der Waals surface area contributed by atoms with Crippen molar-refractivity contribution in [3.8, 4) is 6.07 Å². The minimum atomic E-state index is -1.65. The zero-order valence-corrected chi connectivity index (χ0v) is 20.0. The van der Waals surface area contributed by atoms with Crippen molar-refractivity contribution < 1.29 is 8.60 Å². The summed E-state index contributed by atoms with van der Waals surface area (Å²) in [6.07, 6.45) is 3.73. The zero-order valence-electron chi connectivity index (χ0n) is 16.2. The summed E-state index contributed by atoms with van der Waals surface area (Å²) in [6.45, 7) is 6.05. The number of nitrogens with zero attached hydrogens (tertiary/aromatic N) is 2. The fraction of sp³-hybridized carbons (Fsp3) is 0.190. The molecule has 0 fully saturated rings. The van der Waals surface area contributed by atoms with Crippen LogP contribution in [0.4, 0.5) is 10.1 Å². The van der Waals surface area contributed by atoms with E-state index in [1.165, 1.54) is 21.3 Å². The largest absolute Gasteiger partial charge is 0.298 e. The Labute approximate surface area is 189 Å². The third kappa shape index (κ3) is 5.84. The van der Waals surface area contributed by atoms with Crippen LogP contribution in [0.1, 0.15) is 43.4 Å². The fourth-order valence-corrected chi connectivity index (χ4v) is 4.87. The van der Waals surface area contributed by atoms with Crippen LogP contribution in [0.3, 0.4) is 0 Å². The maximum atomic E-state index is 14.2. The Morgan fingerprint density at radius 1 is 1.21 bits per heavy atom. The van der Waals surface area contributed by atoms with Crippen LogP contribution >= 0.6 is 30.3 Å². The Morgan fingerprint density at radius 3 is 2.48 bits per heavy atom. The second-order valence-electron chi connectivity index (χ2n) is 5.82. The summed E-state index contributed by atoms with van der Waals surface area (Å²) in [4.78, 5) is 0.597. The van der Waals surface area contributed by atoms with Gasteiger partial charge in [0.1, 0.15) is 5.82 Å². The average Bonchev–Trinajstić information content (AvgIpc) is 3.21. The van der Waals surface area contributed by atoms with Crippen molar-refractivity contribution in [1.29, 1.82) is 5.26 Å². The van der Waals surface area contributed by atoms with Crippen LogP contribution in [0.5, 0.6) is 0 Å². The molecule has 1 N–H and O–H groups in total. The maximum absolute atomic E-state index is 14.2. The Kier molecular flexibility index (Phi) is 9.20. The second kappa shape index (κ2) is 11.4. The molecule has 0 saturated heterocycles. The van der Waals surface area contributed by atoms with Gasteiger partial charge in [0.25, 0.3) is 0 Å². The van der Waals surface area contributed by atoms with Crippen molar-refractivity contribution in [2.75, 3.05) is 4.72 Å². The maximum Gasteiger partial charge on any atom is 0.152 e. The van der Waals surface area contributed by atoms with Crippen molar-refractivity contribution in [1.82, 2.24) is 3.97 Å². The molecule has 0 amide bonds. The average molecular weight is 541 g/mol. The summed E-state index contributed by atoms with van der Waals surface area (Å²) in [5, 5.41) is 8.85. The van der Waals surface area contributed by atoms with Gasteiger partial charge in [0.05, 0.1) is 22.2 Å². The summed E-state index contributed by atoms with van der Waals surface area (Å²) in [7, 11) is -0.188. The lowest BCUT2D eigenvalue weighted by Gasteiger charge is -2.14. The molecule has 1 heterocycles. The Balaban J connectivity index is 0.00000145. The van der Waals surface area contributed by atoms with Gasteiger partial charge in [-0.3, -0.25) is 8.69 Å². The highest BCUT2D eigenvalue weighted by atomic mass is 127. The van der Waals surface area contributed by atoms with Gasteiger partial charge < -0.3 is 0 Å². The molecule has 0 aliphatic carbocycles. The third-order valence-corrected chi connectivity index (χ3v) is 7.02. The van der Waals surface area contributed by atoms with Gasteiger partial charge in [-0.1, -0.05) is 51.1 Å². The minimum Gasteiger partial charge on any atom is -0.298 e. The number of hydrogen-bond acceptors (Lipinski definition) is 3. The van der Waals surface area contributed by atoms with Crippen molar-refractivity contribution in [2.45, 2.75) is 31.6 Å². The number of benzene rings is 2. The van der Waals surface area contributed by atoms with Gasteiger partial charge in [0.15, 0.2) is 11.0 Å². The number of anilines is 1. The lowest BCUT2D eigenvalue weighted by molar-refractivity contribution is 0.631. The van der Waals surface area contributed by atoms with E-state index < -0.39 is 16.8 Å². The Morgan fingerprint density at radius 2 is 1.90 bits per heavy atom. The first kappa shape index (κ1) is 23.4. The minimum absolute atomic E-state index is 0.0301. The number of nitrogens with one attached hydrogen (secondary N) is 1. The molecule has 2 atom stereocenters. The Bertz CT molecular complexity index is 1020. The van der Waals surface area contributed by atoms with Crippen LogP contribution < -0.4 is 4.72 Å². The molecule has 29 heavy (non-hydrogen) atoms. The van der Waals surface area contributed by atoms with Gasteiger partial charge in [-0.2, -0.15) is 5.26 Å². The van der Waals surface area contributed by atoms with E-state index in [4.69, 9.17) is 5.26 Å². The first-order valence-corrected chi connectivity index (χ1v) is 13.4. The Hall–Kier alpha value is -1.83. The number of nitriles is 1. The van der Waals surface area contributed by atoms with Crippen LogP contribution in [-0.2, 0) is 11.0 Å². The number of rotatable bonds is 6. The highest BCUT2D eigenvalue weighted by molar-refractivity contribution is 14.2. The number of hydrogen-bond donors (Lipinski definition) is 1.